The zero-order valence-corrected chi connectivity index (χ0v) is 21.7. The lowest BCUT2D eigenvalue weighted by molar-refractivity contribution is -0.00511. The molecule has 0 fully saturated rings. The number of ether oxygens (including phenoxy) is 4. The first-order valence-electron chi connectivity index (χ1n) is 12.5. The van der Waals surface area contributed by atoms with Gasteiger partial charge in [0.15, 0.2) is 8.32 Å². The van der Waals surface area contributed by atoms with E-state index in [0.29, 0.717) is 52.9 Å². The molecule has 0 amide bonds. The molecule has 0 aromatic rings. The van der Waals surface area contributed by atoms with Gasteiger partial charge in [0, 0.05) is 6.61 Å². The standard InChI is InChI=1S/C24H52O5Si/c1-5-6-7-8-9-10-11-12-13-14-15-16-25-17-18-26-19-20-27-21-22-28-23-24-29-30(2,3)4/h5-24H2,1-4H3. The Kier molecular flexibility index (Phi) is 23.7. The summed E-state index contributed by atoms with van der Waals surface area (Å²) in [5.41, 5.74) is 0. The van der Waals surface area contributed by atoms with E-state index in [1.54, 1.807) is 0 Å². The number of rotatable bonds is 25. The highest BCUT2D eigenvalue weighted by Crippen LogP contribution is 2.11. The van der Waals surface area contributed by atoms with Crippen LogP contribution in [-0.2, 0) is 23.4 Å². The molecule has 0 aliphatic rings. The van der Waals surface area contributed by atoms with Crippen molar-refractivity contribution in [3.05, 3.63) is 0 Å². The third-order valence-electron chi connectivity index (χ3n) is 4.77. The lowest BCUT2D eigenvalue weighted by atomic mass is 10.1. The Hall–Kier alpha value is 0.0169. The van der Waals surface area contributed by atoms with Gasteiger partial charge in [-0.15, -0.1) is 0 Å². The summed E-state index contributed by atoms with van der Waals surface area (Å²) in [6, 6.07) is 0. The van der Waals surface area contributed by atoms with Crippen molar-refractivity contribution in [2.75, 3.05) is 59.5 Å². The Balaban J connectivity index is 3.02. The van der Waals surface area contributed by atoms with Crippen LogP contribution in [0.15, 0.2) is 0 Å². The fourth-order valence-corrected chi connectivity index (χ4v) is 3.73. The van der Waals surface area contributed by atoms with Gasteiger partial charge in [0.1, 0.15) is 0 Å². The fourth-order valence-electron chi connectivity index (χ4n) is 3.04. The molecule has 6 heteroatoms. The van der Waals surface area contributed by atoms with Crippen LogP contribution in [-0.4, -0.2) is 67.8 Å². The zero-order chi connectivity index (χ0) is 22.2. The fraction of sp³-hybridized carbons (Fsp3) is 1.00. The summed E-state index contributed by atoms with van der Waals surface area (Å²) in [6.07, 6.45) is 15.0. The molecule has 0 aliphatic carbocycles. The highest BCUT2D eigenvalue weighted by molar-refractivity contribution is 6.69. The van der Waals surface area contributed by atoms with Crippen molar-refractivity contribution in [1.29, 1.82) is 0 Å². The molecular weight excluding hydrogens is 396 g/mol. The first-order chi connectivity index (χ1) is 14.6. The second kappa shape index (κ2) is 23.7. The van der Waals surface area contributed by atoms with Gasteiger partial charge >= 0.3 is 0 Å². The highest BCUT2D eigenvalue weighted by Gasteiger charge is 2.12. The van der Waals surface area contributed by atoms with Crippen LogP contribution in [0.4, 0.5) is 0 Å². The molecule has 0 radical (unpaired) electrons. The highest BCUT2D eigenvalue weighted by atomic mass is 28.4. The van der Waals surface area contributed by atoms with E-state index in [1.807, 2.05) is 0 Å². The third-order valence-corrected chi connectivity index (χ3v) is 5.84. The lowest BCUT2D eigenvalue weighted by Gasteiger charge is -2.16. The molecule has 0 bridgehead atoms. The Morgan fingerprint density at radius 2 is 0.733 bits per heavy atom. The van der Waals surface area contributed by atoms with Crippen molar-refractivity contribution in [2.24, 2.45) is 0 Å². The molecule has 0 aromatic carbocycles. The minimum atomic E-state index is -1.41. The molecule has 5 nitrogen and oxygen atoms in total. The van der Waals surface area contributed by atoms with E-state index >= 15 is 0 Å². The number of hydrogen-bond donors (Lipinski definition) is 0. The molecule has 182 valence electrons. The van der Waals surface area contributed by atoms with Gasteiger partial charge in [0.05, 0.1) is 52.9 Å². The molecule has 30 heavy (non-hydrogen) atoms. The minimum Gasteiger partial charge on any atom is -0.415 e. The molecule has 0 aromatic heterocycles. The van der Waals surface area contributed by atoms with Crippen molar-refractivity contribution in [1.82, 2.24) is 0 Å². The van der Waals surface area contributed by atoms with Crippen LogP contribution >= 0.6 is 0 Å². The smallest absolute Gasteiger partial charge is 0.183 e. The Bertz CT molecular complexity index is 323. The van der Waals surface area contributed by atoms with Crippen LogP contribution in [0.2, 0.25) is 19.6 Å². The van der Waals surface area contributed by atoms with Gasteiger partial charge in [-0.1, -0.05) is 71.1 Å². The molecule has 0 saturated carbocycles. The average molecular weight is 449 g/mol. The van der Waals surface area contributed by atoms with Gasteiger partial charge in [-0.05, 0) is 26.1 Å². The van der Waals surface area contributed by atoms with E-state index in [0.717, 1.165) is 6.61 Å². The second-order valence-corrected chi connectivity index (χ2v) is 13.5. The molecular formula is C24H52O5Si. The zero-order valence-electron chi connectivity index (χ0n) is 20.7. The van der Waals surface area contributed by atoms with Crippen molar-refractivity contribution >= 4 is 8.32 Å². The Morgan fingerprint density at radius 1 is 0.400 bits per heavy atom. The van der Waals surface area contributed by atoms with E-state index in [9.17, 15) is 0 Å². The van der Waals surface area contributed by atoms with E-state index < -0.39 is 8.32 Å². The first kappa shape index (κ1) is 30.0. The number of hydrogen-bond acceptors (Lipinski definition) is 5. The maximum atomic E-state index is 5.72. The van der Waals surface area contributed by atoms with Gasteiger partial charge in [-0.25, -0.2) is 0 Å². The third kappa shape index (κ3) is 28.0. The van der Waals surface area contributed by atoms with Crippen molar-refractivity contribution in [3.63, 3.8) is 0 Å². The van der Waals surface area contributed by atoms with Gasteiger partial charge in [-0.2, -0.15) is 0 Å². The molecule has 0 aliphatic heterocycles. The van der Waals surface area contributed by atoms with Crippen molar-refractivity contribution < 1.29 is 23.4 Å². The van der Waals surface area contributed by atoms with E-state index in [-0.39, 0.29) is 0 Å². The summed E-state index contributed by atoms with van der Waals surface area (Å²) in [7, 11) is -1.41. The molecule has 0 heterocycles. The summed E-state index contributed by atoms with van der Waals surface area (Å²) in [6.45, 7) is 14.7. The van der Waals surface area contributed by atoms with Crippen LogP contribution < -0.4 is 0 Å². The summed E-state index contributed by atoms with van der Waals surface area (Å²) in [5.74, 6) is 0. The second-order valence-electron chi connectivity index (χ2n) is 8.95. The lowest BCUT2D eigenvalue weighted by Crippen LogP contribution is -2.27. The molecule has 0 spiro atoms. The molecule has 0 atom stereocenters. The van der Waals surface area contributed by atoms with Gasteiger partial charge < -0.3 is 23.4 Å². The Morgan fingerprint density at radius 3 is 1.13 bits per heavy atom. The monoisotopic (exact) mass is 448 g/mol. The van der Waals surface area contributed by atoms with Gasteiger partial charge in [0.25, 0.3) is 0 Å². The van der Waals surface area contributed by atoms with Gasteiger partial charge in [0.2, 0.25) is 0 Å². The topological polar surface area (TPSA) is 46.2 Å². The van der Waals surface area contributed by atoms with Crippen LogP contribution in [0, 0.1) is 0 Å². The summed E-state index contributed by atoms with van der Waals surface area (Å²) in [4.78, 5) is 0. The average Bonchev–Trinajstić information content (AvgIpc) is 2.70. The van der Waals surface area contributed by atoms with Crippen molar-refractivity contribution in [3.8, 4) is 0 Å². The molecule has 0 saturated heterocycles. The van der Waals surface area contributed by atoms with Crippen molar-refractivity contribution in [2.45, 2.75) is 97.2 Å². The minimum absolute atomic E-state index is 0.603. The maximum absolute atomic E-state index is 5.72. The first-order valence-corrected chi connectivity index (χ1v) is 15.9. The predicted octanol–water partition coefficient (Wildman–Crippen LogP) is 6.22. The van der Waals surface area contributed by atoms with Crippen LogP contribution in [0.25, 0.3) is 0 Å². The Labute approximate surface area is 188 Å². The van der Waals surface area contributed by atoms with E-state index in [2.05, 4.69) is 26.6 Å². The van der Waals surface area contributed by atoms with E-state index in [1.165, 1.54) is 70.6 Å². The molecule has 0 N–H and O–H groups in total. The molecule has 0 unspecified atom stereocenters. The maximum Gasteiger partial charge on any atom is 0.183 e. The largest absolute Gasteiger partial charge is 0.415 e. The SMILES string of the molecule is CCCCCCCCCCCCCOCCOCCOCCOCCO[Si](C)(C)C. The molecule has 0 rings (SSSR count). The number of unbranched alkanes of at least 4 members (excludes halogenated alkanes) is 10. The summed E-state index contributed by atoms with van der Waals surface area (Å²) < 4.78 is 27.8. The quantitative estimate of drug-likeness (QED) is 0.123. The van der Waals surface area contributed by atoms with Crippen LogP contribution in [0.1, 0.15) is 77.6 Å². The summed E-state index contributed by atoms with van der Waals surface area (Å²) >= 11 is 0. The normalized spacial score (nSPS) is 12.0. The van der Waals surface area contributed by atoms with Crippen LogP contribution in [0.3, 0.4) is 0 Å². The van der Waals surface area contributed by atoms with E-state index in [4.69, 9.17) is 23.4 Å². The summed E-state index contributed by atoms with van der Waals surface area (Å²) in [5, 5.41) is 0. The van der Waals surface area contributed by atoms with Gasteiger partial charge in [-0.3, -0.25) is 0 Å². The van der Waals surface area contributed by atoms with Crippen LogP contribution in [0.5, 0.6) is 0 Å². The predicted molar refractivity (Wildman–Crippen MR) is 129 cm³/mol.